The zero-order valence-electron chi connectivity index (χ0n) is 9.55. The number of rotatable bonds is 6. The van der Waals surface area contributed by atoms with E-state index >= 15 is 0 Å². The van der Waals surface area contributed by atoms with E-state index in [-0.39, 0.29) is 6.10 Å². The minimum atomic E-state index is 0.0555. The SMILES string of the molecule is CCOC(C(=N)N(CC)CC)C1CC1. The van der Waals surface area contributed by atoms with Crippen LogP contribution in [0.2, 0.25) is 0 Å². The maximum Gasteiger partial charge on any atom is 0.126 e. The van der Waals surface area contributed by atoms with E-state index in [4.69, 9.17) is 10.1 Å². The van der Waals surface area contributed by atoms with Crippen molar-refractivity contribution in [2.45, 2.75) is 39.7 Å². The van der Waals surface area contributed by atoms with Gasteiger partial charge in [0.25, 0.3) is 0 Å². The minimum Gasteiger partial charge on any atom is -0.370 e. The Hall–Kier alpha value is -0.570. The molecule has 3 nitrogen and oxygen atoms in total. The average Bonchev–Trinajstić information content (AvgIpc) is 2.99. The molecule has 0 aliphatic heterocycles. The first-order valence-electron chi connectivity index (χ1n) is 5.69. The molecule has 0 heterocycles. The van der Waals surface area contributed by atoms with Gasteiger partial charge in [0, 0.05) is 19.7 Å². The lowest BCUT2D eigenvalue weighted by atomic mass is 10.2. The number of nitrogens with one attached hydrogen (secondary N) is 1. The van der Waals surface area contributed by atoms with Crippen molar-refractivity contribution in [3.8, 4) is 0 Å². The molecular weight excluding hydrogens is 176 g/mol. The molecule has 0 radical (unpaired) electrons. The highest BCUT2D eigenvalue weighted by molar-refractivity contribution is 5.84. The molecule has 1 aliphatic rings. The molecule has 0 spiro atoms. The highest BCUT2D eigenvalue weighted by Crippen LogP contribution is 2.35. The maximum absolute atomic E-state index is 8.08. The predicted molar refractivity (Wildman–Crippen MR) is 58.8 cm³/mol. The molecule has 0 aromatic heterocycles. The van der Waals surface area contributed by atoms with E-state index in [0.717, 1.165) is 13.1 Å². The molecule has 0 bridgehead atoms. The fraction of sp³-hybridized carbons (Fsp3) is 0.909. The van der Waals surface area contributed by atoms with Crippen LogP contribution in [0.25, 0.3) is 0 Å². The lowest BCUT2D eigenvalue weighted by molar-refractivity contribution is 0.0846. The molecule has 0 saturated heterocycles. The van der Waals surface area contributed by atoms with Crippen LogP contribution in [0.1, 0.15) is 33.6 Å². The summed E-state index contributed by atoms with van der Waals surface area (Å²) in [5.41, 5.74) is 0. The molecule has 14 heavy (non-hydrogen) atoms. The number of ether oxygens (including phenoxy) is 1. The van der Waals surface area contributed by atoms with Gasteiger partial charge in [-0.3, -0.25) is 5.41 Å². The van der Waals surface area contributed by atoms with Gasteiger partial charge in [-0.2, -0.15) is 0 Å². The molecule has 1 saturated carbocycles. The van der Waals surface area contributed by atoms with E-state index in [9.17, 15) is 0 Å². The number of likely N-dealkylation sites (N-methyl/N-ethyl adjacent to an activating group) is 1. The maximum atomic E-state index is 8.08. The van der Waals surface area contributed by atoms with E-state index in [2.05, 4.69) is 18.7 Å². The molecule has 0 amide bonds. The molecule has 3 heteroatoms. The Morgan fingerprint density at radius 2 is 1.93 bits per heavy atom. The van der Waals surface area contributed by atoms with Crippen LogP contribution in [-0.2, 0) is 4.74 Å². The van der Waals surface area contributed by atoms with Crippen LogP contribution in [0.3, 0.4) is 0 Å². The van der Waals surface area contributed by atoms with Crippen LogP contribution in [-0.4, -0.2) is 36.5 Å². The fourth-order valence-corrected chi connectivity index (χ4v) is 1.76. The van der Waals surface area contributed by atoms with E-state index in [1.165, 1.54) is 12.8 Å². The van der Waals surface area contributed by atoms with Crippen molar-refractivity contribution < 1.29 is 4.74 Å². The zero-order valence-corrected chi connectivity index (χ0v) is 9.55. The second kappa shape index (κ2) is 5.35. The number of nitrogens with zero attached hydrogens (tertiary/aromatic N) is 1. The van der Waals surface area contributed by atoms with E-state index in [1.807, 2.05) is 6.92 Å². The van der Waals surface area contributed by atoms with Gasteiger partial charge >= 0.3 is 0 Å². The molecule has 82 valence electrons. The van der Waals surface area contributed by atoms with Crippen molar-refractivity contribution >= 4 is 5.84 Å². The summed E-state index contributed by atoms with van der Waals surface area (Å²) in [6.07, 6.45) is 2.52. The highest BCUT2D eigenvalue weighted by Gasteiger charge is 2.36. The summed E-state index contributed by atoms with van der Waals surface area (Å²) in [5, 5.41) is 8.08. The first-order valence-corrected chi connectivity index (χ1v) is 5.69. The van der Waals surface area contributed by atoms with Crippen LogP contribution in [0.4, 0.5) is 0 Å². The third-order valence-electron chi connectivity index (χ3n) is 2.77. The van der Waals surface area contributed by atoms with Crippen LogP contribution in [0, 0.1) is 11.3 Å². The minimum absolute atomic E-state index is 0.0555. The van der Waals surface area contributed by atoms with Crippen molar-refractivity contribution in [3.63, 3.8) is 0 Å². The molecule has 1 atom stereocenters. The van der Waals surface area contributed by atoms with Crippen molar-refractivity contribution in [3.05, 3.63) is 0 Å². The second-order valence-corrected chi connectivity index (χ2v) is 3.77. The van der Waals surface area contributed by atoms with Gasteiger partial charge in [0.1, 0.15) is 11.9 Å². The quantitative estimate of drug-likeness (QED) is 0.524. The van der Waals surface area contributed by atoms with Crippen LogP contribution < -0.4 is 0 Å². The van der Waals surface area contributed by atoms with E-state index < -0.39 is 0 Å². The van der Waals surface area contributed by atoms with Gasteiger partial charge in [0.15, 0.2) is 0 Å². The Bertz CT molecular complexity index is 186. The van der Waals surface area contributed by atoms with Crippen molar-refractivity contribution in [1.29, 1.82) is 5.41 Å². The Kier molecular flexibility index (Phi) is 4.39. The van der Waals surface area contributed by atoms with Gasteiger partial charge in [0.05, 0.1) is 0 Å². The third-order valence-corrected chi connectivity index (χ3v) is 2.77. The first-order chi connectivity index (χ1) is 6.74. The monoisotopic (exact) mass is 198 g/mol. The summed E-state index contributed by atoms with van der Waals surface area (Å²) in [5.74, 6) is 1.29. The van der Waals surface area contributed by atoms with Crippen molar-refractivity contribution in [1.82, 2.24) is 4.90 Å². The zero-order chi connectivity index (χ0) is 10.6. The molecule has 1 rings (SSSR count). The van der Waals surface area contributed by atoms with Gasteiger partial charge in [0.2, 0.25) is 0 Å². The molecular formula is C11H22N2O. The van der Waals surface area contributed by atoms with Crippen molar-refractivity contribution in [2.24, 2.45) is 5.92 Å². The number of hydrogen-bond acceptors (Lipinski definition) is 2. The predicted octanol–water partition coefficient (Wildman–Crippen LogP) is 2.12. The van der Waals surface area contributed by atoms with E-state index in [1.54, 1.807) is 0 Å². The van der Waals surface area contributed by atoms with Gasteiger partial charge in [-0.05, 0) is 39.5 Å². The highest BCUT2D eigenvalue weighted by atomic mass is 16.5. The van der Waals surface area contributed by atoms with Crippen LogP contribution in [0.5, 0.6) is 0 Å². The Labute approximate surface area is 86.9 Å². The normalized spacial score (nSPS) is 17.9. The topological polar surface area (TPSA) is 36.3 Å². The summed E-state index contributed by atoms with van der Waals surface area (Å²) in [6.45, 7) is 8.72. The first kappa shape index (κ1) is 11.5. The lowest BCUT2D eigenvalue weighted by Gasteiger charge is -2.27. The summed E-state index contributed by atoms with van der Waals surface area (Å²) in [4.78, 5) is 2.08. The summed E-state index contributed by atoms with van der Waals surface area (Å²) >= 11 is 0. The fourth-order valence-electron chi connectivity index (χ4n) is 1.76. The molecule has 1 fully saturated rings. The molecule has 0 aromatic rings. The second-order valence-electron chi connectivity index (χ2n) is 3.77. The number of hydrogen-bond donors (Lipinski definition) is 1. The lowest BCUT2D eigenvalue weighted by Crippen LogP contribution is -2.41. The number of amidine groups is 1. The van der Waals surface area contributed by atoms with Gasteiger partial charge in [-0.15, -0.1) is 0 Å². The molecule has 1 N–H and O–H groups in total. The summed E-state index contributed by atoms with van der Waals surface area (Å²) < 4.78 is 5.65. The largest absolute Gasteiger partial charge is 0.370 e. The Balaban J connectivity index is 2.52. The van der Waals surface area contributed by atoms with E-state index in [0.29, 0.717) is 18.4 Å². The third kappa shape index (κ3) is 2.71. The Morgan fingerprint density at radius 3 is 2.29 bits per heavy atom. The summed E-state index contributed by atoms with van der Waals surface area (Å²) in [7, 11) is 0. The molecule has 0 aromatic carbocycles. The van der Waals surface area contributed by atoms with Crippen LogP contribution in [0.15, 0.2) is 0 Å². The van der Waals surface area contributed by atoms with Crippen molar-refractivity contribution in [2.75, 3.05) is 19.7 Å². The van der Waals surface area contributed by atoms with Gasteiger partial charge in [-0.1, -0.05) is 0 Å². The molecule has 1 aliphatic carbocycles. The molecule has 1 unspecified atom stereocenters. The average molecular weight is 198 g/mol. The van der Waals surface area contributed by atoms with Gasteiger partial charge < -0.3 is 9.64 Å². The van der Waals surface area contributed by atoms with Gasteiger partial charge in [-0.25, -0.2) is 0 Å². The standard InChI is InChI=1S/C11H22N2O/c1-4-13(5-2)11(12)10(14-6-3)9-7-8-9/h9-10,12H,4-8H2,1-3H3. The van der Waals surface area contributed by atoms with Crippen LogP contribution >= 0.6 is 0 Å². The Morgan fingerprint density at radius 1 is 1.36 bits per heavy atom. The summed E-state index contributed by atoms with van der Waals surface area (Å²) in [6, 6.07) is 0. The smallest absolute Gasteiger partial charge is 0.126 e.